The monoisotopic (exact) mass is 337 g/mol. The van der Waals surface area contributed by atoms with E-state index >= 15 is 0 Å². The molecule has 25 heavy (non-hydrogen) atoms. The average Bonchev–Trinajstić information content (AvgIpc) is 3.25. The first-order chi connectivity index (χ1) is 12.1. The third-order valence-electron chi connectivity index (χ3n) is 5.76. The molecule has 4 rings (SSSR count). The maximum Gasteiger partial charge on any atom is 0.224 e. The van der Waals surface area contributed by atoms with Gasteiger partial charge in [-0.25, -0.2) is 0 Å². The van der Waals surface area contributed by atoms with Gasteiger partial charge < -0.3 is 9.88 Å². The zero-order valence-corrected chi connectivity index (χ0v) is 15.2. The van der Waals surface area contributed by atoms with Gasteiger partial charge in [-0.15, -0.1) is 0 Å². The van der Waals surface area contributed by atoms with Crippen molar-refractivity contribution in [3.8, 4) is 0 Å². The van der Waals surface area contributed by atoms with E-state index in [1.54, 1.807) is 0 Å². The largest absolute Gasteiger partial charge is 0.361 e. The van der Waals surface area contributed by atoms with Crippen LogP contribution in [0.2, 0.25) is 0 Å². The Balaban J connectivity index is 1.43. The number of rotatable bonds is 5. The van der Waals surface area contributed by atoms with Crippen LogP contribution in [0.1, 0.15) is 32.3 Å². The molecule has 2 fully saturated rings. The minimum atomic E-state index is 0.330. The Labute approximate surface area is 149 Å². The number of aromatic nitrogens is 1. The van der Waals surface area contributed by atoms with Gasteiger partial charge in [0.1, 0.15) is 0 Å². The lowest BCUT2D eigenvalue weighted by atomic mass is 10.1. The summed E-state index contributed by atoms with van der Waals surface area (Å²) in [6, 6.07) is 9.21. The number of carbonyl (C=O) groups is 1. The number of nitrogens with one attached hydrogen (secondary N) is 1. The van der Waals surface area contributed by atoms with Crippen molar-refractivity contribution in [1.29, 1.82) is 0 Å². The molecule has 4 heteroatoms. The Kier molecular flexibility index (Phi) is 4.38. The molecule has 4 nitrogen and oxygen atoms in total. The summed E-state index contributed by atoms with van der Waals surface area (Å²) in [4.78, 5) is 20.5. The second-order valence-corrected chi connectivity index (χ2v) is 7.60. The van der Waals surface area contributed by atoms with Gasteiger partial charge >= 0.3 is 0 Å². The van der Waals surface area contributed by atoms with E-state index in [2.05, 4.69) is 65.2 Å². The van der Waals surface area contributed by atoms with Gasteiger partial charge in [0.05, 0.1) is 0 Å². The highest BCUT2D eigenvalue weighted by molar-refractivity contribution is 5.83. The molecule has 1 N–H and O–H groups in total. The summed E-state index contributed by atoms with van der Waals surface area (Å²) in [5, 5.41) is 1.28. The van der Waals surface area contributed by atoms with E-state index in [9.17, 15) is 4.79 Å². The standard InChI is InChI=1S/C21H27N3O/c1-15(2)7-10-23-11-9-19-20(23)13-21(25)24(19)12-8-16-14-22-18-6-4-3-5-17(16)18/h3-7,14,19-20,22H,8-13H2,1-2H3/t19-,20-/m0/s1. The number of allylic oxidation sites excluding steroid dienone is 1. The lowest BCUT2D eigenvalue weighted by Crippen LogP contribution is -2.38. The van der Waals surface area contributed by atoms with Gasteiger partial charge in [0, 0.05) is 55.2 Å². The van der Waals surface area contributed by atoms with Crippen molar-refractivity contribution in [2.24, 2.45) is 0 Å². The van der Waals surface area contributed by atoms with E-state index in [-0.39, 0.29) is 0 Å². The third-order valence-corrected chi connectivity index (χ3v) is 5.76. The van der Waals surface area contributed by atoms with Crippen LogP contribution in [0, 0.1) is 0 Å². The van der Waals surface area contributed by atoms with Gasteiger partial charge in [-0.1, -0.05) is 29.8 Å². The Morgan fingerprint density at radius 3 is 2.96 bits per heavy atom. The molecule has 1 aromatic heterocycles. The first kappa shape index (κ1) is 16.4. The average molecular weight is 337 g/mol. The summed E-state index contributed by atoms with van der Waals surface area (Å²) < 4.78 is 0. The van der Waals surface area contributed by atoms with Crippen molar-refractivity contribution >= 4 is 16.8 Å². The lowest BCUT2D eigenvalue weighted by Gasteiger charge is -2.25. The zero-order valence-electron chi connectivity index (χ0n) is 15.2. The van der Waals surface area contributed by atoms with Gasteiger partial charge in [-0.05, 0) is 38.3 Å². The Bertz CT molecular complexity index is 802. The van der Waals surface area contributed by atoms with Crippen LogP contribution in [-0.4, -0.2) is 52.4 Å². The van der Waals surface area contributed by atoms with Gasteiger partial charge in [0.2, 0.25) is 5.91 Å². The molecule has 2 aliphatic heterocycles. The van der Waals surface area contributed by atoms with E-state index in [4.69, 9.17) is 0 Å². The van der Waals surface area contributed by atoms with Crippen molar-refractivity contribution in [3.05, 3.63) is 47.7 Å². The molecule has 2 atom stereocenters. The molecule has 0 unspecified atom stereocenters. The van der Waals surface area contributed by atoms with E-state index in [0.717, 1.165) is 32.5 Å². The topological polar surface area (TPSA) is 39.3 Å². The minimum Gasteiger partial charge on any atom is -0.361 e. The second-order valence-electron chi connectivity index (χ2n) is 7.60. The highest BCUT2D eigenvalue weighted by Gasteiger charge is 2.45. The molecule has 0 radical (unpaired) electrons. The van der Waals surface area contributed by atoms with Crippen LogP contribution in [0.3, 0.4) is 0 Å². The summed E-state index contributed by atoms with van der Waals surface area (Å²) in [6.45, 7) is 7.20. The number of para-hydroxylation sites is 1. The second kappa shape index (κ2) is 6.68. The highest BCUT2D eigenvalue weighted by Crippen LogP contribution is 2.32. The third kappa shape index (κ3) is 3.11. The fourth-order valence-corrected chi connectivity index (χ4v) is 4.41. The van der Waals surface area contributed by atoms with Crippen LogP contribution in [0.5, 0.6) is 0 Å². The summed E-state index contributed by atoms with van der Waals surface area (Å²) in [6.07, 6.45) is 7.10. The van der Waals surface area contributed by atoms with E-state index in [0.29, 0.717) is 24.4 Å². The lowest BCUT2D eigenvalue weighted by molar-refractivity contribution is -0.129. The molecule has 0 spiro atoms. The maximum atomic E-state index is 12.6. The van der Waals surface area contributed by atoms with E-state index < -0.39 is 0 Å². The van der Waals surface area contributed by atoms with Crippen LogP contribution >= 0.6 is 0 Å². The molecule has 0 saturated carbocycles. The number of aromatic amines is 1. The van der Waals surface area contributed by atoms with Crippen LogP contribution in [0.15, 0.2) is 42.1 Å². The van der Waals surface area contributed by atoms with Crippen molar-refractivity contribution < 1.29 is 4.79 Å². The van der Waals surface area contributed by atoms with Crippen molar-refractivity contribution in [2.45, 2.75) is 45.2 Å². The minimum absolute atomic E-state index is 0.330. The smallest absolute Gasteiger partial charge is 0.224 e. The molecule has 2 aromatic rings. The summed E-state index contributed by atoms with van der Waals surface area (Å²) in [5.74, 6) is 0.330. The normalized spacial score (nSPS) is 23.4. The highest BCUT2D eigenvalue weighted by atomic mass is 16.2. The molecule has 0 aliphatic carbocycles. The molecular weight excluding hydrogens is 310 g/mol. The van der Waals surface area contributed by atoms with Crippen molar-refractivity contribution in [1.82, 2.24) is 14.8 Å². The SMILES string of the molecule is CC(C)=CCN1CC[C@H]2[C@@H]1CC(=O)N2CCc1c[nH]c2ccccc12. The molecule has 1 aromatic carbocycles. The Hall–Kier alpha value is -2.07. The number of benzene rings is 1. The number of amides is 1. The van der Waals surface area contributed by atoms with Gasteiger partial charge in [0.25, 0.3) is 0 Å². The molecule has 3 heterocycles. The molecule has 1 amide bonds. The predicted octanol–water partition coefficient (Wildman–Crippen LogP) is 3.35. The molecule has 2 saturated heterocycles. The number of nitrogens with zero attached hydrogens (tertiary/aromatic N) is 2. The van der Waals surface area contributed by atoms with Crippen LogP contribution in [-0.2, 0) is 11.2 Å². The number of fused-ring (bicyclic) bond motifs is 2. The van der Waals surface area contributed by atoms with Gasteiger partial charge in [-0.3, -0.25) is 9.69 Å². The van der Waals surface area contributed by atoms with E-state index in [1.807, 2.05) is 0 Å². The predicted molar refractivity (Wildman–Crippen MR) is 102 cm³/mol. The number of hydrogen-bond acceptors (Lipinski definition) is 2. The Morgan fingerprint density at radius 1 is 1.28 bits per heavy atom. The van der Waals surface area contributed by atoms with Gasteiger partial charge in [-0.2, -0.15) is 0 Å². The van der Waals surface area contributed by atoms with Crippen LogP contribution in [0.25, 0.3) is 10.9 Å². The Morgan fingerprint density at radius 2 is 2.12 bits per heavy atom. The summed E-state index contributed by atoms with van der Waals surface area (Å²) in [7, 11) is 0. The van der Waals surface area contributed by atoms with Gasteiger partial charge in [0.15, 0.2) is 0 Å². The summed E-state index contributed by atoms with van der Waals surface area (Å²) >= 11 is 0. The fraction of sp³-hybridized carbons (Fsp3) is 0.476. The quantitative estimate of drug-likeness (QED) is 0.850. The molecule has 0 bridgehead atoms. The van der Waals surface area contributed by atoms with Crippen LogP contribution < -0.4 is 0 Å². The molecule has 132 valence electrons. The first-order valence-corrected chi connectivity index (χ1v) is 9.35. The summed E-state index contributed by atoms with van der Waals surface area (Å²) in [5.41, 5.74) is 3.84. The van der Waals surface area contributed by atoms with Crippen molar-refractivity contribution in [3.63, 3.8) is 0 Å². The number of carbonyl (C=O) groups excluding carboxylic acids is 1. The van der Waals surface area contributed by atoms with Crippen LogP contribution in [0.4, 0.5) is 0 Å². The number of hydrogen-bond donors (Lipinski definition) is 1. The first-order valence-electron chi connectivity index (χ1n) is 9.35. The molecule has 2 aliphatic rings. The van der Waals surface area contributed by atoms with E-state index in [1.165, 1.54) is 22.0 Å². The number of likely N-dealkylation sites (tertiary alicyclic amines) is 2. The zero-order chi connectivity index (χ0) is 17.4. The number of H-pyrrole nitrogens is 1. The van der Waals surface area contributed by atoms with Crippen molar-refractivity contribution in [2.75, 3.05) is 19.6 Å². The fourth-order valence-electron chi connectivity index (χ4n) is 4.41. The maximum absolute atomic E-state index is 12.6. The molecular formula is C21H27N3O.